The van der Waals surface area contributed by atoms with Gasteiger partial charge in [-0.25, -0.2) is 4.68 Å². The molecule has 0 radical (unpaired) electrons. The standard InChI is InChI=1S/C11H13ClF3N3O/c1-7(2)3-4-16-8-5-17-18(6-11(13,14)15)10(19)9(8)12/h3,5,16H,4,6H2,1-2H3. The van der Waals surface area contributed by atoms with E-state index in [9.17, 15) is 18.0 Å². The van der Waals surface area contributed by atoms with Crippen molar-refractivity contribution in [2.75, 3.05) is 11.9 Å². The van der Waals surface area contributed by atoms with E-state index in [1.165, 1.54) is 0 Å². The SMILES string of the molecule is CC(C)=CCNc1cnn(CC(F)(F)F)c(=O)c1Cl. The lowest BCUT2D eigenvalue weighted by atomic mass is 10.3. The summed E-state index contributed by atoms with van der Waals surface area (Å²) in [6.07, 6.45) is -1.57. The Hall–Kier alpha value is -1.50. The molecule has 0 aromatic carbocycles. The van der Waals surface area contributed by atoms with Crippen molar-refractivity contribution in [3.8, 4) is 0 Å². The van der Waals surface area contributed by atoms with Crippen LogP contribution in [0.1, 0.15) is 13.8 Å². The van der Waals surface area contributed by atoms with Crippen molar-refractivity contribution in [1.82, 2.24) is 9.78 Å². The van der Waals surface area contributed by atoms with Crippen molar-refractivity contribution >= 4 is 17.3 Å². The molecule has 0 saturated heterocycles. The van der Waals surface area contributed by atoms with E-state index in [0.29, 0.717) is 6.54 Å². The van der Waals surface area contributed by atoms with Crippen LogP contribution in [0.15, 0.2) is 22.6 Å². The second-order valence-corrected chi connectivity index (χ2v) is 4.49. The molecule has 1 aromatic heterocycles. The maximum absolute atomic E-state index is 12.2. The normalized spacial score (nSPS) is 11.3. The predicted molar refractivity (Wildman–Crippen MR) is 67.5 cm³/mol. The van der Waals surface area contributed by atoms with Crippen LogP contribution >= 0.6 is 11.6 Å². The number of nitrogens with zero attached hydrogens (tertiary/aromatic N) is 2. The van der Waals surface area contributed by atoms with Crippen LogP contribution in [-0.4, -0.2) is 22.5 Å². The molecule has 106 valence electrons. The molecule has 1 rings (SSSR count). The molecule has 1 N–H and O–H groups in total. The van der Waals surface area contributed by atoms with E-state index in [1.54, 1.807) is 0 Å². The molecule has 1 aromatic rings. The summed E-state index contributed by atoms with van der Waals surface area (Å²) >= 11 is 5.72. The largest absolute Gasteiger partial charge is 0.408 e. The lowest BCUT2D eigenvalue weighted by Gasteiger charge is -2.10. The first kappa shape index (κ1) is 15.6. The molecule has 4 nitrogen and oxygen atoms in total. The Balaban J connectivity index is 2.92. The number of alkyl halides is 3. The molecule has 0 atom stereocenters. The van der Waals surface area contributed by atoms with Crippen molar-refractivity contribution < 1.29 is 13.2 Å². The van der Waals surface area contributed by atoms with Gasteiger partial charge in [-0.3, -0.25) is 4.79 Å². The van der Waals surface area contributed by atoms with E-state index in [1.807, 2.05) is 19.9 Å². The molecule has 19 heavy (non-hydrogen) atoms. The highest BCUT2D eigenvalue weighted by Crippen LogP contribution is 2.18. The molecule has 0 fully saturated rings. The zero-order chi connectivity index (χ0) is 14.6. The van der Waals surface area contributed by atoms with Gasteiger partial charge in [0.05, 0.1) is 11.9 Å². The fraction of sp³-hybridized carbons (Fsp3) is 0.455. The average Bonchev–Trinajstić information content (AvgIpc) is 2.26. The maximum Gasteiger partial charge on any atom is 0.408 e. The molecule has 0 aliphatic heterocycles. The first-order valence-corrected chi connectivity index (χ1v) is 5.78. The number of nitrogens with one attached hydrogen (secondary N) is 1. The van der Waals surface area contributed by atoms with Crippen LogP contribution in [-0.2, 0) is 6.54 Å². The number of allylic oxidation sites excluding steroid dienone is 1. The molecule has 0 aliphatic rings. The topological polar surface area (TPSA) is 46.9 Å². The summed E-state index contributed by atoms with van der Waals surface area (Å²) in [7, 11) is 0. The number of anilines is 1. The summed E-state index contributed by atoms with van der Waals surface area (Å²) in [5.41, 5.74) is 0.297. The van der Waals surface area contributed by atoms with Gasteiger partial charge in [-0.1, -0.05) is 23.3 Å². The summed E-state index contributed by atoms with van der Waals surface area (Å²) in [5.74, 6) is 0. The van der Waals surface area contributed by atoms with Crippen molar-refractivity contribution in [3.05, 3.63) is 33.2 Å². The van der Waals surface area contributed by atoms with Crippen LogP contribution < -0.4 is 10.9 Å². The Morgan fingerprint density at radius 2 is 2.16 bits per heavy atom. The number of rotatable bonds is 4. The fourth-order valence-electron chi connectivity index (χ4n) is 1.24. The summed E-state index contributed by atoms with van der Waals surface area (Å²) in [4.78, 5) is 11.6. The zero-order valence-corrected chi connectivity index (χ0v) is 11.1. The smallest absolute Gasteiger partial charge is 0.379 e. The molecule has 0 saturated carbocycles. The van der Waals surface area contributed by atoms with Crippen LogP contribution in [0.2, 0.25) is 5.02 Å². The van der Waals surface area contributed by atoms with Gasteiger partial charge >= 0.3 is 6.18 Å². The Bertz CT molecular complexity index is 533. The fourth-order valence-corrected chi connectivity index (χ4v) is 1.45. The Morgan fingerprint density at radius 3 is 2.68 bits per heavy atom. The lowest BCUT2D eigenvalue weighted by Crippen LogP contribution is -2.30. The first-order valence-electron chi connectivity index (χ1n) is 5.40. The number of aromatic nitrogens is 2. The second-order valence-electron chi connectivity index (χ2n) is 4.11. The van der Waals surface area contributed by atoms with Gasteiger partial charge in [-0.15, -0.1) is 0 Å². The number of hydrogen-bond donors (Lipinski definition) is 1. The molecule has 0 spiro atoms. The summed E-state index contributed by atoms with van der Waals surface area (Å²) in [6.45, 7) is 2.73. The minimum atomic E-state index is -4.52. The average molecular weight is 296 g/mol. The van der Waals surface area contributed by atoms with Gasteiger partial charge in [-0.05, 0) is 13.8 Å². The van der Waals surface area contributed by atoms with Crippen LogP contribution in [0.25, 0.3) is 0 Å². The van der Waals surface area contributed by atoms with E-state index in [0.717, 1.165) is 11.8 Å². The van der Waals surface area contributed by atoms with Crippen LogP contribution in [0.3, 0.4) is 0 Å². The molecule has 8 heteroatoms. The van der Waals surface area contributed by atoms with E-state index in [-0.39, 0.29) is 15.4 Å². The maximum atomic E-state index is 12.2. The molecule has 0 bridgehead atoms. The van der Waals surface area contributed by atoms with Crippen molar-refractivity contribution in [2.24, 2.45) is 0 Å². The molecular weight excluding hydrogens is 283 g/mol. The summed E-state index contributed by atoms with van der Waals surface area (Å²) in [6, 6.07) is 0. The van der Waals surface area contributed by atoms with Gasteiger partial charge in [-0.2, -0.15) is 18.3 Å². The molecule has 0 unspecified atom stereocenters. The minimum Gasteiger partial charge on any atom is -0.379 e. The van der Waals surface area contributed by atoms with E-state index in [2.05, 4.69) is 10.4 Å². The van der Waals surface area contributed by atoms with Gasteiger partial charge in [0.15, 0.2) is 0 Å². The van der Waals surface area contributed by atoms with Crippen LogP contribution in [0, 0.1) is 0 Å². The molecule has 0 amide bonds. The highest BCUT2D eigenvalue weighted by atomic mass is 35.5. The summed E-state index contributed by atoms with van der Waals surface area (Å²) < 4.78 is 36.8. The predicted octanol–water partition coefficient (Wildman–Crippen LogP) is 2.84. The third-order valence-corrected chi connectivity index (χ3v) is 2.48. The van der Waals surface area contributed by atoms with Gasteiger partial charge in [0, 0.05) is 6.54 Å². The van der Waals surface area contributed by atoms with Crippen molar-refractivity contribution in [2.45, 2.75) is 26.6 Å². The van der Waals surface area contributed by atoms with Gasteiger partial charge in [0.2, 0.25) is 0 Å². The van der Waals surface area contributed by atoms with E-state index < -0.39 is 18.3 Å². The Kier molecular flexibility index (Phi) is 4.99. The zero-order valence-electron chi connectivity index (χ0n) is 10.4. The third kappa shape index (κ3) is 4.94. The highest BCUT2D eigenvalue weighted by Gasteiger charge is 2.29. The van der Waals surface area contributed by atoms with Crippen molar-refractivity contribution in [3.63, 3.8) is 0 Å². The van der Waals surface area contributed by atoms with Gasteiger partial charge in [0.1, 0.15) is 11.6 Å². The number of halogens is 4. The van der Waals surface area contributed by atoms with Crippen LogP contribution in [0.5, 0.6) is 0 Å². The monoisotopic (exact) mass is 295 g/mol. The third-order valence-electron chi connectivity index (χ3n) is 2.12. The lowest BCUT2D eigenvalue weighted by molar-refractivity contribution is -0.143. The first-order chi connectivity index (χ1) is 8.70. The Labute approximate surface area is 112 Å². The Morgan fingerprint density at radius 1 is 1.53 bits per heavy atom. The molecule has 1 heterocycles. The van der Waals surface area contributed by atoms with Gasteiger partial charge in [0.25, 0.3) is 5.56 Å². The summed E-state index contributed by atoms with van der Waals surface area (Å²) in [5, 5.41) is 5.94. The number of hydrogen-bond acceptors (Lipinski definition) is 3. The molecule has 0 aliphatic carbocycles. The van der Waals surface area contributed by atoms with E-state index >= 15 is 0 Å². The van der Waals surface area contributed by atoms with E-state index in [4.69, 9.17) is 11.6 Å². The quantitative estimate of drug-likeness (QED) is 0.869. The highest BCUT2D eigenvalue weighted by molar-refractivity contribution is 6.32. The minimum absolute atomic E-state index is 0.211. The van der Waals surface area contributed by atoms with Gasteiger partial charge < -0.3 is 5.32 Å². The second kappa shape index (κ2) is 6.10. The molecular formula is C11H13ClF3N3O. The van der Waals surface area contributed by atoms with Crippen molar-refractivity contribution in [1.29, 1.82) is 0 Å². The van der Waals surface area contributed by atoms with Crippen LogP contribution in [0.4, 0.5) is 18.9 Å².